The monoisotopic (exact) mass is 220 g/mol. The Kier molecular flexibility index (Phi) is 3.17. The first-order valence-electron chi connectivity index (χ1n) is 5.81. The molecule has 4 heteroatoms. The zero-order chi connectivity index (χ0) is 11.5. The summed E-state index contributed by atoms with van der Waals surface area (Å²) in [5.41, 5.74) is 0.942. The molecule has 0 atom stereocenters. The predicted molar refractivity (Wildman–Crippen MR) is 59.6 cm³/mol. The maximum atomic E-state index is 11.0. The molecule has 2 rings (SSSR count). The van der Waals surface area contributed by atoms with Gasteiger partial charge >= 0.3 is 5.97 Å². The average molecular weight is 220 g/mol. The third-order valence-corrected chi connectivity index (χ3v) is 3.07. The first kappa shape index (κ1) is 11.0. The number of carboxylic acid groups (broad SMARTS) is 1. The number of rotatable bonds is 4. The van der Waals surface area contributed by atoms with E-state index < -0.39 is 5.97 Å². The van der Waals surface area contributed by atoms with Gasteiger partial charge in [0.05, 0.1) is 11.3 Å². The van der Waals surface area contributed by atoms with Crippen LogP contribution >= 0.6 is 0 Å². The van der Waals surface area contributed by atoms with Gasteiger partial charge in [0.25, 0.3) is 0 Å². The topological polar surface area (TPSA) is 63.1 Å². The summed E-state index contributed by atoms with van der Waals surface area (Å²) in [7, 11) is 0. The van der Waals surface area contributed by atoms with Crippen LogP contribution in [0.25, 0.3) is 0 Å². The Hall–Kier alpha value is -1.45. The van der Waals surface area contributed by atoms with Crippen molar-refractivity contribution in [2.24, 2.45) is 0 Å². The summed E-state index contributed by atoms with van der Waals surface area (Å²) in [6.45, 7) is 2.02. The van der Waals surface area contributed by atoms with Crippen molar-refractivity contribution in [1.82, 2.24) is 9.97 Å². The van der Waals surface area contributed by atoms with Gasteiger partial charge in [0.2, 0.25) is 0 Å². The standard InChI is InChI=1S/C12H16N2O2/c1-2-4-10-9(12(15)16)7-13-11(14-10)8-5-3-6-8/h7-8H,2-6H2,1H3,(H,15,16). The summed E-state index contributed by atoms with van der Waals surface area (Å²) >= 11 is 0. The van der Waals surface area contributed by atoms with E-state index in [4.69, 9.17) is 5.11 Å². The Morgan fingerprint density at radius 3 is 2.81 bits per heavy atom. The summed E-state index contributed by atoms with van der Waals surface area (Å²) in [5.74, 6) is 0.363. The third kappa shape index (κ3) is 2.05. The van der Waals surface area contributed by atoms with Crippen LogP contribution in [-0.4, -0.2) is 21.0 Å². The number of hydrogen-bond donors (Lipinski definition) is 1. The van der Waals surface area contributed by atoms with Gasteiger partial charge in [0.1, 0.15) is 5.82 Å². The quantitative estimate of drug-likeness (QED) is 0.846. The summed E-state index contributed by atoms with van der Waals surface area (Å²) < 4.78 is 0. The molecule has 0 saturated heterocycles. The lowest BCUT2D eigenvalue weighted by Crippen LogP contribution is -2.16. The van der Waals surface area contributed by atoms with E-state index in [0.29, 0.717) is 18.0 Å². The highest BCUT2D eigenvalue weighted by Crippen LogP contribution is 2.34. The number of carboxylic acids is 1. The number of aryl methyl sites for hydroxylation is 1. The highest BCUT2D eigenvalue weighted by Gasteiger charge is 2.23. The summed E-state index contributed by atoms with van der Waals surface area (Å²) in [6, 6.07) is 0. The molecule has 0 unspecified atom stereocenters. The Balaban J connectivity index is 2.30. The van der Waals surface area contributed by atoms with Crippen molar-refractivity contribution in [3.05, 3.63) is 23.3 Å². The molecule has 1 fully saturated rings. The molecule has 0 spiro atoms. The van der Waals surface area contributed by atoms with Crippen LogP contribution in [0.15, 0.2) is 6.20 Å². The summed E-state index contributed by atoms with van der Waals surface area (Å²) in [5, 5.41) is 9.01. The zero-order valence-electron chi connectivity index (χ0n) is 9.44. The minimum atomic E-state index is -0.927. The van der Waals surface area contributed by atoms with Crippen molar-refractivity contribution in [1.29, 1.82) is 0 Å². The van der Waals surface area contributed by atoms with Crippen molar-refractivity contribution >= 4 is 5.97 Å². The molecule has 1 saturated carbocycles. The summed E-state index contributed by atoms with van der Waals surface area (Å²) in [6.07, 6.45) is 6.59. The van der Waals surface area contributed by atoms with E-state index in [9.17, 15) is 4.79 Å². The molecular formula is C12H16N2O2. The molecule has 0 aliphatic heterocycles. The van der Waals surface area contributed by atoms with E-state index in [2.05, 4.69) is 9.97 Å². The molecule has 1 aliphatic carbocycles. The molecule has 0 radical (unpaired) electrons. The normalized spacial score (nSPS) is 15.8. The number of nitrogens with zero attached hydrogens (tertiary/aromatic N) is 2. The van der Waals surface area contributed by atoms with Crippen molar-refractivity contribution < 1.29 is 9.90 Å². The maximum absolute atomic E-state index is 11.0. The largest absolute Gasteiger partial charge is 0.478 e. The Morgan fingerprint density at radius 2 is 2.31 bits per heavy atom. The maximum Gasteiger partial charge on any atom is 0.339 e. The number of hydrogen-bond acceptors (Lipinski definition) is 3. The minimum absolute atomic E-state index is 0.255. The van der Waals surface area contributed by atoms with E-state index >= 15 is 0 Å². The molecule has 1 aromatic rings. The Labute approximate surface area is 94.7 Å². The fourth-order valence-electron chi connectivity index (χ4n) is 1.90. The molecule has 0 bridgehead atoms. The van der Waals surface area contributed by atoms with Crippen molar-refractivity contribution in [2.75, 3.05) is 0 Å². The van der Waals surface area contributed by atoms with Crippen LogP contribution in [-0.2, 0) is 6.42 Å². The lowest BCUT2D eigenvalue weighted by atomic mass is 9.84. The molecule has 1 N–H and O–H groups in total. The smallest absolute Gasteiger partial charge is 0.339 e. The van der Waals surface area contributed by atoms with E-state index in [1.807, 2.05) is 6.92 Å². The van der Waals surface area contributed by atoms with Gasteiger partial charge in [-0.2, -0.15) is 0 Å². The molecule has 1 aromatic heterocycles. The average Bonchev–Trinajstić information content (AvgIpc) is 2.15. The van der Waals surface area contributed by atoms with Crippen LogP contribution in [0.4, 0.5) is 0 Å². The van der Waals surface area contributed by atoms with Gasteiger partial charge in [-0.15, -0.1) is 0 Å². The number of aromatic carboxylic acids is 1. The van der Waals surface area contributed by atoms with Gasteiger partial charge < -0.3 is 5.11 Å². The highest BCUT2D eigenvalue weighted by molar-refractivity contribution is 5.88. The number of carbonyl (C=O) groups is 1. The van der Waals surface area contributed by atoms with E-state index in [1.165, 1.54) is 12.6 Å². The Morgan fingerprint density at radius 1 is 1.56 bits per heavy atom. The Bertz CT molecular complexity index is 400. The predicted octanol–water partition coefficient (Wildman–Crippen LogP) is 2.39. The molecule has 4 nitrogen and oxygen atoms in total. The van der Waals surface area contributed by atoms with Crippen LogP contribution in [0.5, 0.6) is 0 Å². The van der Waals surface area contributed by atoms with Crippen LogP contribution in [0.3, 0.4) is 0 Å². The fourth-order valence-corrected chi connectivity index (χ4v) is 1.90. The first-order valence-corrected chi connectivity index (χ1v) is 5.81. The molecule has 0 amide bonds. The first-order chi connectivity index (χ1) is 7.72. The molecule has 16 heavy (non-hydrogen) atoms. The molecule has 1 heterocycles. The molecule has 0 aromatic carbocycles. The van der Waals surface area contributed by atoms with Gasteiger partial charge in [0, 0.05) is 12.1 Å². The van der Waals surface area contributed by atoms with Gasteiger partial charge in [0.15, 0.2) is 0 Å². The van der Waals surface area contributed by atoms with Crippen LogP contribution in [0, 0.1) is 0 Å². The van der Waals surface area contributed by atoms with Gasteiger partial charge in [-0.05, 0) is 19.3 Å². The van der Waals surface area contributed by atoms with Gasteiger partial charge in [-0.25, -0.2) is 14.8 Å². The highest BCUT2D eigenvalue weighted by atomic mass is 16.4. The zero-order valence-corrected chi connectivity index (χ0v) is 9.44. The lowest BCUT2D eigenvalue weighted by Gasteiger charge is -2.24. The summed E-state index contributed by atoms with van der Waals surface area (Å²) in [4.78, 5) is 19.6. The third-order valence-electron chi connectivity index (χ3n) is 3.07. The molecular weight excluding hydrogens is 204 g/mol. The second kappa shape index (κ2) is 4.60. The van der Waals surface area contributed by atoms with Gasteiger partial charge in [-0.3, -0.25) is 0 Å². The van der Waals surface area contributed by atoms with Crippen LogP contribution in [0.2, 0.25) is 0 Å². The van der Waals surface area contributed by atoms with E-state index in [0.717, 1.165) is 25.1 Å². The van der Waals surface area contributed by atoms with Gasteiger partial charge in [-0.1, -0.05) is 19.8 Å². The van der Waals surface area contributed by atoms with Crippen LogP contribution < -0.4 is 0 Å². The van der Waals surface area contributed by atoms with Crippen LogP contribution in [0.1, 0.15) is 60.4 Å². The minimum Gasteiger partial charge on any atom is -0.478 e. The van der Waals surface area contributed by atoms with Crippen molar-refractivity contribution in [2.45, 2.75) is 44.9 Å². The van der Waals surface area contributed by atoms with E-state index in [-0.39, 0.29) is 5.56 Å². The fraction of sp³-hybridized carbons (Fsp3) is 0.583. The molecule has 86 valence electrons. The second-order valence-electron chi connectivity index (χ2n) is 4.27. The number of aromatic nitrogens is 2. The second-order valence-corrected chi connectivity index (χ2v) is 4.27. The SMILES string of the molecule is CCCc1nc(C2CCC2)ncc1C(=O)O. The lowest BCUT2D eigenvalue weighted by molar-refractivity contribution is 0.0694. The van der Waals surface area contributed by atoms with Crippen molar-refractivity contribution in [3.63, 3.8) is 0 Å². The van der Waals surface area contributed by atoms with E-state index in [1.54, 1.807) is 0 Å². The van der Waals surface area contributed by atoms with Crippen molar-refractivity contribution in [3.8, 4) is 0 Å². The molecule has 1 aliphatic rings.